The molecule has 1 aromatic rings. The van der Waals surface area contributed by atoms with Gasteiger partial charge in [0.05, 0.1) is 10.6 Å². The fraction of sp³-hybridized carbons (Fsp3) is 0.143. The summed E-state index contributed by atoms with van der Waals surface area (Å²) in [7, 11) is 0. The van der Waals surface area contributed by atoms with Gasteiger partial charge >= 0.3 is 5.97 Å². The van der Waals surface area contributed by atoms with E-state index >= 15 is 0 Å². The Morgan fingerprint density at radius 3 is 2.50 bits per heavy atom. The number of hydrogen-bond donors (Lipinski definition) is 1. The molecule has 14 heavy (non-hydrogen) atoms. The summed E-state index contributed by atoms with van der Waals surface area (Å²) in [5.74, 6) is -3.10. The standard InChI is InChI=1S/C7H3ClF3NO2/c8-2-1-3(7(13)14)12-6(11)4(2)5(9)10/h1,5H,(H,13,14). The van der Waals surface area contributed by atoms with E-state index in [2.05, 4.69) is 4.98 Å². The van der Waals surface area contributed by atoms with Crippen LogP contribution in [0.1, 0.15) is 22.5 Å². The van der Waals surface area contributed by atoms with Gasteiger partial charge in [0, 0.05) is 0 Å². The minimum absolute atomic E-state index is 0.648. The summed E-state index contributed by atoms with van der Waals surface area (Å²) in [6, 6.07) is 0.675. The highest BCUT2D eigenvalue weighted by molar-refractivity contribution is 6.31. The predicted molar refractivity (Wildman–Crippen MR) is 41.1 cm³/mol. The molecule has 1 rings (SSSR count). The fourth-order valence-corrected chi connectivity index (χ4v) is 1.06. The second-order valence-electron chi connectivity index (χ2n) is 2.30. The molecule has 0 saturated carbocycles. The van der Waals surface area contributed by atoms with Crippen LogP contribution in [0, 0.1) is 5.95 Å². The molecule has 0 spiro atoms. The van der Waals surface area contributed by atoms with Gasteiger partial charge in [-0.1, -0.05) is 11.6 Å². The Hall–Kier alpha value is -1.30. The minimum Gasteiger partial charge on any atom is -0.477 e. The molecular formula is C7H3ClF3NO2. The van der Waals surface area contributed by atoms with E-state index in [1.54, 1.807) is 0 Å². The maximum absolute atomic E-state index is 12.8. The lowest BCUT2D eigenvalue weighted by atomic mass is 10.2. The molecule has 7 heteroatoms. The van der Waals surface area contributed by atoms with E-state index in [1.807, 2.05) is 0 Å². The molecule has 76 valence electrons. The largest absolute Gasteiger partial charge is 0.477 e. The highest BCUT2D eigenvalue weighted by Gasteiger charge is 2.21. The number of nitrogens with zero attached hydrogens (tertiary/aromatic N) is 1. The molecule has 0 bridgehead atoms. The first-order valence-corrected chi connectivity index (χ1v) is 3.68. The monoisotopic (exact) mass is 225 g/mol. The van der Waals surface area contributed by atoms with Crippen LogP contribution in [-0.4, -0.2) is 16.1 Å². The zero-order valence-corrected chi connectivity index (χ0v) is 7.23. The van der Waals surface area contributed by atoms with Crippen molar-refractivity contribution in [1.29, 1.82) is 0 Å². The van der Waals surface area contributed by atoms with Gasteiger partial charge in [0.2, 0.25) is 5.95 Å². The van der Waals surface area contributed by atoms with Crippen LogP contribution in [0.25, 0.3) is 0 Å². The SMILES string of the molecule is O=C(O)c1cc(Cl)c(C(F)F)c(F)n1. The van der Waals surface area contributed by atoms with E-state index in [1.165, 1.54) is 0 Å². The van der Waals surface area contributed by atoms with Crippen molar-refractivity contribution in [2.45, 2.75) is 6.43 Å². The van der Waals surface area contributed by atoms with Crippen LogP contribution < -0.4 is 0 Å². The lowest BCUT2D eigenvalue weighted by molar-refractivity contribution is 0.0687. The molecule has 0 amide bonds. The molecule has 3 nitrogen and oxygen atoms in total. The van der Waals surface area contributed by atoms with Crippen LogP contribution in [0.2, 0.25) is 5.02 Å². The molecule has 0 atom stereocenters. The second kappa shape index (κ2) is 3.83. The molecule has 0 unspecified atom stereocenters. The van der Waals surface area contributed by atoms with Crippen molar-refractivity contribution in [3.8, 4) is 0 Å². The third-order valence-electron chi connectivity index (χ3n) is 1.40. The number of rotatable bonds is 2. The summed E-state index contributed by atoms with van der Waals surface area (Å²) in [6.45, 7) is 0. The van der Waals surface area contributed by atoms with Gasteiger partial charge in [-0.2, -0.15) is 4.39 Å². The highest BCUT2D eigenvalue weighted by atomic mass is 35.5. The zero-order chi connectivity index (χ0) is 10.9. The van der Waals surface area contributed by atoms with E-state index in [0.717, 1.165) is 0 Å². The molecule has 0 fully saturated rings. The van der Waals surface area contributed by atoms with E-state index in [4.69, 9.17) is 16.7 Å². The molecule has 0 aliphatic carbocycles. The molecular weight excluding hydrogens is 223 g/mol. The van der Waals surface area contributed by atoms with Gasteiger partial charge in [0.25, 0.3) is 6.43 Å². The molecule has 0 aliphatic rings. The van der Waals surface area contributed by atoms with E-state index < -0.39 is 34.6 Å². The Bertz CT molecular complexity index is 360. The molecule has 0 aliphatic heterocycles. The molecule has 0 radical (unpaired) electrons. The van der Waals surface area contributed by atoms with E-state index in [9.17, 15) is 18.0 Å². The van der Waals surface area contributed by atoms with E-state index in [0.29, 0.717) is 6.07 Å². The van der Waals surface area contributed by atoms with E-state index in [-0.39, 0.29) is 0 Å². The van der Waals surface area contributed by atoms with Gasteiger partial charge in [-0.15, -0.1) is 0 Å². The van der Waals surface area contributed by atoms with Gasteiger partial charge in [0.15, 0.2) is 5.69 Å². The summed E-state index contributed by atoms with van der Waals surface area (Å²) in [5.41, 5.74) is -1.80. The minimum atomic E-state index is -3.13. The first-order chi connectivity index (χ1) is 6.43. The van der Waals surface area contributed by atoms with Gasteiger partial charge in [-0.3, -0.25) is 0 Å². The van der Waals surface area contributed by atoms with Crippen molar-refractivity contribution in [2.75, 3.05) is 0 Å². The number of carboxylic acid groups (broad SMARTS) is 1. The number of aromatic nitrogens is 1. The van der Waals surface area contributed by atoms with Crippen LogP contribution in [-0.2, 0) is 0 Å². The Morgan fingerprint density at radius 2 is 2.14 bits per heavy atom. The van der Waals surface area contributed by atoms with Crippen LogP contribution in [0.15, 0.2) is 6.07 Å². The van der Waals surface area contributed by atoms with Crippen molar-refractivity contribution in [2.24, 2.45) is 0 Å². The van der Waals surface area contributed by atoms with Crippen molar-refractivity contribution < 1.29 is 23.1 Å². The van der Waals surface area contributed by atoms with Gasteiger partial charge in [-0.05, 0) is 6.07 Å². The number of hydrogen-bond acceptors (Lipinski definition) is 2. The van der Waals surface area contributed by atoms with Crippen molar-refractivity contribution in [1.82, 2.24) is 4.98 Å². The Labute approximate surface area is 81.1 Å². The fourth-order valence-electron chi connectivity index (χ4n) is 0.798. The first kappa shape index (κ1) is 10.8. The Morgan fingerprint density at radius 1 is 1.57 bits per heavy atom. The summed E-state index contributed by atoms with van der Waals surface area (Å²) in [5, 5.41) is 7.74. The smallest absolute Gasteiger partial charge is 0.354 e. The first-order valence-electron chi connectivity index (χ1n) is 3.31. The van der Waals surface area contributed by atoms with Crippen LogP contribution >= 0.6 is 11.6 Å². The molecule has 1 aromatic heterocycles. The Kier molecular flexibility index (Phi) is 2.95. The lowest BCUT2D eigenvalue weighted by Gasteiger charge is -2.04. The molecule has 1 N–H and O–H groups in total. The highest BCUT2D eigenvalue weighted by Crippen LogP contribution is 2.28. The van der Waals surface area contributed by atoms with Crippen molar-refractivity contribution >= 4 is 17.6 Å². The van der Waals surface area contributed by atoms with Crippen LogP contribution in [0.5, 0.6) is 0 Å². The predicted octanol–water partition coefficient (Wildman–Crippen LogP) is 2.51. The third-order valence-corrected chi connectivity index (χ3v) is 1.71. The zero-order valence-electron chi connectivity index (χ0n) is 6.47. The molecule has 0 saturated heterocycles. The topological polar surface area (TPSA) is 50.2 Å². The third kappa shape index (κ3) is 1.95. The number of carbonyl (C=O) groups is 1. The number of carboxylic acids is 1. The number of aromatic carboxylic acids is 1. The van der Waals surface area contributed by atoms with Gasteiger partial charge in [0.1, 0.15) is 0 Å². The summed E-state index contributed by atoms with van der Waals surface area (Å²) < 4.78 is 37.0. The number of alkyl halides is 2. The average molecular weight is 226 g/mol. The van der Waals surface area contributed by atoms with Gasteiger partial charge < -0.3 is 5.11 Å². The summed E-state index contributed by atoms with van der Waals surface area (Å²) >= 11 is 5.25. The molecule has 0 aromatic carbocycles. The summed E-state index contributed by atoms with van der Waals surface area (Å²) in [4.78, 5) is 13.1. The van der Waals surface area contributed by atoms with Crippen LogP contribution in [0.4, 0.5) is 13.2 Å². The summed E-state index contributed by atoms with van der Waals surface area (Å²) in [6.07, 6.45) is -3.13. The maximum Gasteiger partial charge on any atom is 0.354 e. The van der Waals surface area contributed by atoms with Crippen molar-refractivity contribution in [3.05, 3.63) is 28.3 Å². The second-order valence-corrected chi connectivity index (χ2v) is 2.71. The average Bonchev–Trinajstić information content (AvgIpc) is 2.01. The van der Waals surface area contributed by atoms with Gasteiger partial charge in [-0.25, -0.2) is 18.6 Å². The normalized spacial score (nSPS) is 10.6. The maximum atomic E-state index is 12.8. The van der Waals surface area contributed by atoms with Crippen molar-refractivity contribution in [3.63, 3.8) is 0 Å². The van der Waals surface area contributed by atoms with Crippen LogP contribution in [0.3, 0.4) is 0 Å². The lowest BCUT2D eigenvalue weighted by Crippen LogP contribution is -2.05. The number of halogens is 4. The number of pyridine rings is 1. The Balaban J connectivity index is 3.32. The molecule has 1 heterocycles. The quantitative estimate of drug-likeness (QED) is 0.787.